The fourth-order valence-corrected chi connectivity index (χ4v) is 4.23. The van der Waals surface area contributed by atoms with Gasteiger partial charge in [0.25, 0.3) is 5.91 Å². The number of alkyl halides is 3. The van der Waals surface area contributed by atoms with Crippen LogP contribution < -0.4 is 10.6 Å². The average molecular weight is 491 g/mol. The number of carbonyl (C=O) groups is 2. The number of pyridine rings is 2. The minimum absolute atomic E-state index is 0.0637. The first-order valence-corrected chi connectivity index (χ1v) is 11.3. The lowest BCUT2D eigenvalue weighted by Gasteiger charge is -2.27. The Morgan fingerprint density at radius 3 is 2.47 bits per heavy atom. The highest BCUT2D eigenvalue weighted by Gasteiger charge is 2.31. The van der Waals surface area contributed by atoms with Crippen molar-refractivity contribution >= 4 is 40.1 Å². The van der Waals surface area contributed by atoms with E-state index in [1.54, 1.807) is 18.2 Å². The van der Waals surface area contributed by atoms with E-state index in [1.807, 2.05) is 12.1 Å². The zero-order valence-electron chi connectivity index (χ0n) is 18.0. The molecule has 0 spiro atoms. The van der Waals surface area contributed by atoms with E-state index < -0.39 is 17.6 Å². The summed E-state index contributed by atoms with van der Waals surface area (Å²) in [6, 6.07) is 10.9. The summed E-state index contributed by atoms with van der Waals surface area (Å²) in [5.74, 6) is -0.0787. The fourth-order valence-electron chi connectivity index (χ4n) is 4.05. The highest BCUT2D eigenvalue weighted by molar-refractivity contribution is 6.31. The number of nitrogens with zero attached hydrogens (tertiary/aromatic N) is 2. The van der Waals surface area contributed by atoms with Gasteiger partial charge < -0.3 is 10.6 Å². The molecule has 0 aliphatic heterocycles. The highest BCUT2D eigenvalue weighted by atomic mass is 35.5. The molecule has 1 aromatic carbocycles. The van der Waals surface area contributed by atoms with E-state index in [1.165, 1.54) is 0 Å². The molecular weight excluding hydrogens is 469 g/mol. The molecular formula is C24H22ClF3N4O2. The molecule has 1 saturated carbocycles. The van der Waals surface area contributed by atoms with Gasteiger partial charge in [0.05, 0.1) is 11.1 Å². The van der Waals surface area contributed by atoms with Gasteiger partial charge in [-0.2, -0.15) is 13.2 Å². The third kappa shape index (κ3) is 5.83. The van der Waals surface area contributed by atoms with Gasteiger partial charge in [-0.05, 0) is 74.1 Å². The third-order valence-electron chi connectivity index (χ3n) is 5.99. The maximum atomic E-state index is 12.7. The summed E-state index contributed by atoms with van der Waals surface area (Å²) in [5.41, 5.74) is -0.223. The van der Waals surface area contributed by atoms with E-state index in [4.69, 9.17) is 11.6 Å². The number of hydrogen-bond donors (Lipinski definition) is 2. The Kier molecular flexibility index (Phi) is 7.02. The van der Waals surface area contributed by atoms with Crippen LogP contribution in [0.5, 0.6) is 0 Å². The Bertz CT molecular complexity index is 1190. The van der Waals surface area contributed by atoms with E-state index >= 15 is 0 Å². The Balaban J connectivity index is 1.24. The Labute approximate surface area is 198 Å². The molecule has 0 atom stereocenters. The Morgan fingerprint density at radius 2 is 1.79 bits per heavy atom. The molecule has 178 valence electrons. The lowest BCUT2D eigenvalue weighted by atomic mass is 9.81. The minimum Gasteiger partial charge on any atom is -0.350 e. The molecule has 1 aliphatic rings. The molecule has 0 saturated heterocycles. The van der Waals surface area contributed by atoms with Crippen molar-refractivity contribution in [1.82, 2.24) is 15.3 Å². The van der Waals surface area contributed by atoms with Gasteiger partial charge in [0.2, 0.25) is 5.91 Å². The summed E-state index contributed by atoms with van der Waals surface area (Å²) in [4.78, 5) is 33.0. The molecule has 6 nitrogen and oxygen atoms in total. The lowest BCUT2D eigenvalue weighted by Crippen LogP contribution is -2.34. The van der Waals surface area contributed by atoms with Crippen LogP contribution >= 0.6 is 11.6 Å². The first-order valence-electron chi connectivity index (χ1n) is 10.9. The molecule has 34 heavy (non-hydrogen) atoms. The van der Waals surface area contributed by atoms with Gasteiger partial charge in [-0.3, -0.25) is 14.6 Å². The summed E-state index contributed by atoms with van der Waals surface area (Å²) in [6.45, 7) is 0.380. The van der Waals surface area contributed by atoms with Gasteiger partial charge in [0.15, 0.2) is 0 Å². The van der Waals surface area contributed by atoms with Gasteiger partial charge in [-0.25, -0.2) is 4.98 Å². The van der Waals surface area contributed by atoms with Gasteiger partial charge in [0.1, 0.15) is 11.5 Å². The molecule has 0 unspecified atom stereocenters. The molecule has 1 aliphatic carbocycles. The lowest BCUT2D eigenvalue weighted by molar-refractivity contribution is -0.137. The molecule has 4 rings (SSSR count). The smallest absolute Gasteiger partial charge is 0.350 e. The van der Waals surface area contributed by atoms with Crippen LogP contribution in [0.3, 0.4) is 0 Å². The molecule has 2 heterocycles. The maximum Gasteiger partial charge on any atom is 0.417 e. The van der Waals surface area contributed by atoms with Crippen molar-refractivity contribution in [2.24, 2.45) is 11.8 Å². The molecule has 1 fully saturated rings. The summed E-state index contributed by atoms with van der Waals surface area (Å²) >= 11 is 5.99. The maximum absolute atomic E-state index is 12.7. The zero-order valence-corrected chi connectivity index (χ0v) is 18.8. The van der Waals surface area contributed by atoms with Crippen molar-refractivity contribution < 1.29 is 22.8 Å². The number of carbonyl (C=O) groups excluding carboxylic acids is 2. The number of amides is 2. The molecule has 10 heteroatoms. The summed E-state index contributed by atoms with van der Waals surface area (Å²) in [7, 11) is 0. The Morgan fingerprint density at radius 1 is 1.03 bits per heavy atom. The third-order valence-corrected chi connectivity index (χ3v) is 6.23. The van der Waals surface area contributed by atoms with E-state index in [0.717, 1.165) is 35.9 Å². The number of aromatic nitrogens is 2. The van der Waals surface area contributed by atoms with E-state index in [2.05, 4.69) is 20.6 Å². The van der Waals surface area contributed by atoms with Gasteiger partial charge in [0, 0.05) is 29.1 Å². The number of benzene rings is 1. The van der Waals surface area contributed by atoms with Gasteiger partial charge in [-0.1, -0.05) is 11.6 Å². The van der Waals surface area contributed by atoms with Crippen LogP contribution in [-0.2, 0) is 11.0 Å². The number of anilines is 1. The summed E-state index contributed by atoms with van der Waals surface area (Å²) in [6.07, 6.45) is -0.989. The van der Waals surface area contributed by atoms with E-state index in [9.17, 15) is 22.8 Å². The second-order valence-corrected chi connectivity index (χ2v) is 8.82. The standard InChI is InChI=1S/C24H22ClF3N4O2/c25-18-7-9-19-16(11-18)5-10-21(31-19)32-22(33)15-3-1-14(2-4-15)12-30-23(34)20-8-6-17(13-29-20)24(26,27)28/h5-11,13-15H,1-4,12H2,(H,30,34)(H,31,32,33). The van der Waals surface area contributed by atoms with Crippen LogP contribution in [0.25, 0.3) is 10.9 Å². The quantitative estimate of drug-likeness (QED) is 0.496. The second-order valence-electron chi connectivity index (χ2n) is 8.38. The first kappa shape index (κ1) is 23.9. The number of nitrogens with one attached hydrogen (secondary N) is 2. The van der Waals surface area contributed by atoms with Crippen molar-refractivity contribution in [2.75, 3.05) is 11.9 Å². The Hall–Kier alpha value is -3.20. The van der Waals surface area contributed by atoms with Crippen molar-refractivity contribution in [2.45, 2.75) is 31.9 Å². The van der Waals surface area contributed by atoms with Crippen LogP contribution in [0.4, 0.5) is 19.0 Å². The van der Waals surface area contributed by atoms with Gasteiger partial charge in [-0.15, -0.1) is 0 Å². The molecule has 0 radical (unpaired) electrons. The molecule has 2 amide bonds. The molecule has 3 aromatic rings. The summed E-state index contributed by atoms with van der Waals surface area (Å²) in [5, 5.41) is 7.12. The van der Waals surface area contributed by atoms with Crippen molar-refractivity contribution in [3.05, 3.63) is 64.9 Å². The number of rotatable bonds is 5. The molecule has 2 aromatic heterocycles. The highest BCUT2D eigenvalue weighted by Crippen LogP contribution is 2.30. The second kappa shape index (κ2) is 9.97. The number of halogens is 4. The molecule has 2 N–H and O–H groups in total. The van der Waals surface area contributed by atoms with Crippen LogP contribution in [0.2, 0.25) is 5.02 Å². The van der Waals surface area contributed by atoms with Gasteiger partial charge >= 0.3 is 6.18 Å². The van der Waals surface area contributed by atoms with Crippen molar-refractivity contribution in [3.8, 4) is 0 Å². The van der Waals surface area contributed by atoms with Crippen molar-refractivity contribution in [3.63, 3.8) is 0 Å². The van der Waals surface area contributed by atoms with Crippen LogP contribution in [-0.4, -0.2) is 28.3 Å². The van der Waals surface area contributed by atoms with Crippen molar-refractivity contribution in [1.29, 1.82) is 0 Å². The van der Waals surface area contributed by atoms with Crippen LogP contribution in [0.15, 0.2) is 48.7 Å². The van der Waals surface area contributed by atoms with E-state index in [0.29, 0.717) is 36.4 Å². The predicted molar refractivity (Wildman–Crippen MR) is 122 cm³/mol. The van der Waals surface area contributed by atoms with E-state index in [-0.39, 0.29) is 23.4 Å². The fraction of sp³-hybridized carbons (Fsp3) is 0.333. The van der Waals surface area contributed by atoms with Crippen LogP contribution in [0.1, 0.15) is 41.7 Å². The largest absolute Gasteiger partial charge is 0.417 e. The summed E-state index contributed by atoms with van der Waals surface area (Å²) < 4.78 is 37.9. The monoisotopic (exact) mass is 490 g/mol. The zero-order chi connectivity index (χ0) is 24.3. The predicted octanol–water partition coefficient (Wildman–Crippen LogP) is 5.48. The average Bonchev–Trinajstić information content (AvgIpc) is 2.82. The SMILES string of the molecule is O=C(NCC1CCC(C(=O)Nc2ccc3cc(Cl)ccc3n2)CC1)c1ccc(C(F)(F)F)cn1. The number of hydrogen-bond acceptors (Lipinski definition) is 4. The topological polar surface area (TPSA) is 84.0 Å². The normalized spacial score (nSPS) is 18.5. The minimum atomic E-state index is -4.49. The molecule has 0 bridgehead atoms. The first-order chi connectivity index (χ1) is 16.2. The van der Waals surface area contributed by atoms with Crippen LogP contribution in [0, 0.1) is 11.8 Å². The number of fused-ring (bicyclic) bond motifs is 1.